The summed E-state index contributed by atoms with van der Waals surface area (Å²) in [5.74, 6) is -2.56. The Hall–Kier alpha value is -4.04. The van der Waals surface area contributed by atoms with E-state index in [0.29, 0.717) is 0 Å². The van der Waals surface area contributed by atoms with Crippen molar-refractivity contribution in [3.63, 3.8) is 0 Å². The molecule has 0 radical (unpaired) electrons. The second-order valence-electron chi connectivity index (χ2n) is 7.14. The lowest BCUT2D eigenvalue weighted by atomic mass is 9.97. The molecule has 0 amide bonds. The fourth-order valence-corrected chi connectivity index (χ4v) is 4.04. The van der Waals surface area contributed by atoms with Crippen LogP contribution in [0.1, 0.15) is 39.0 Å². The number of carboxylic acids is 1. The number of carbonyl (C=O) groups excluding carboxylic acids is 1. The average molecular weight is 418 g/mol. The lowest BCUT2D eigenvalue weighted by molar-refractivity contribution is -0.385. The van der Waals surface area contributed by atoms with Gasteiger partial charge in [0.1, 0.15) is 12.6 Å². The Morgan fingerprint density at radius 3 is 2.13 bits per heavy atom. The Kier molecular flexibility index (Phi) is 5.22. The number of nitro groups is 1. The Bertz CT molecular complexity index is 1130. The number of esters is 1. The number of nitrogens with two attached hydrogens (primary N) is 1. The van der Waals surface area contributed by atoms with Crippen molar-refractivity contribution >= 4 is 17.6 Å². The van der Waals surface area contributed by atoms with Gasteiger partial charge in [-0.2, -0.15) is 0 Å². The standard InChI is InChI=1S/C23H18N2O6/c24-21(20-17(22(26)27)10-5-11-19(20)25(29)30)23(28)31-12-18-15-8-3-1-6-13(15)14-7-2-4-9-16(14)18/h1-11,18,21H,12,24H2,(H,26,27). The Labute approximate surface area is 177 Å². The van der Waals surface area contributed by atoms with Gasteiger partial charge in [-0.15, -0.1) is 0 Å². The van der Waals surface area contributed by atoms with Gasteiger partial charge < -0.3 is 15.6 Å². The first-order valence-corrected chi connectivity index (χ1v) is 9.51. The smallest absolute Gasteiger partial charge is 0.336 e. The average Bonchev–Trinajstić information content (AvgIpc) is 3.10. The van der Waals surface area contributed by atoms with Gasteiger partial charge in [0.15, 0.2) is 0 Å². The van der Waals surface area contributed by atoms with E-state index < -0.39 is 34.2 Å². The monoisotopic (exact) mass is 418 g/mol. The van der Waals surface area contributed by atoms with Crippen molar-refractivity contribution in [3.05, 3.63) is 99.1 Å². The van der Waals surface area contributed by atoms with E-state index in [2.05, 4.69) is 0 Å². The number of carboxylic acid groups (broad SMARTS) is 1. The number of rotatable bonds is 6. The number of aromatic carboxylic acids is 1. The molecule has 3 N–H and O–H groups in total. The maximum absolute atomic E-state index is 12.7. The Morgan fingerprint density at radius 1 is 1.00 bits per heavy atom. The molecule has 1 atom stereocenters. The summed E-state index contributed by atoms with van der Waals surface area (Å²) in [6.45, 7) is -0.0242. The molecule has 8 heteroatoms. The van der Waals surface area contributed by atoms with Crippen molar-refractivity contribution in [2.75, 3.05) is 6.61 Å². The summed E-state index contributed by atoms with van der Waals surface area (Å²) in [6.07, 6.45) is 0. The minimum Gasteiger partial charge on any atom is -0.478 e. The zero-order chi connectivity index (χ0) is 22.1. The van der Waals surface area contributed by atoms with Gasteiger partial charge >= 0.3 is 11.9 Å². The molecule has 1 aliphatic carbocycles. The zero-order valence-electron chi connectivity index (χ0n) is 16.2. The molecule has 0 aromatic heterocycles. The highest BCUT2D eigenvalue weighted by Crippen LogP contribution is 2.44. The van der Waals surface area contributed by atoms with E-state index in [-0.39, 0.29) is 18.1 Å². The molecule has 3 aromatic carbocycles. The number of benzene rings is 3. The topological polar surface area (TPSA) is 133 Å². The van der Waals surface area contributed by atoms with Crippen LogP contribution in [0.15, 0.2) is 66.7 Å². The Balaban J connectivity index is 1.61. The number of nitro benzene ring substituents is 1. The third kappa shape index (κ3) is 3.53. The first-order chi connectivity index (χ1) is 14.9. The predicted molar refractivity (Wildman–Crippen MR) is 112 cm³/mol. The fraction of sp³-hybridized carbons (Fsp3) is 0.130. The van der Waals surface area contributed by atoms with Gasteiger partial charge in [-0.05, 0) is 28.3 Å². The van der Waals surface area contributed by atoms with Gasteiger partial charge in [-0.3, -0.25) is 10.1 Å². The van der Waals surface area contributed by atoms with E-state index in [1.54, 1.807) is 0 Å². The van der Waals surface area contributed by atoms with E-state index in [0.717, 1.165) is 28.3 Å². The molecule has 0 fully saturated rings. The van der Waals surface area contributed by atoms with Crippen LogP contribution in [-0.4, -0.2) is 28.6 Å². The van der Waals surface area contributed by atoms with Crippen LogP contribution < -0.4 is 5.73 Å². The van der Waals surface area contributed by atoms with Crippen molar-refractivity contribution in [1.82, 2.24) is 0 Å². The van der Waals surface area contributed by atoms with Gasteiger partial charge in [0.2, 0.25) is 0 Å². The molecule has 0 bridgehead atoms. The normalized spacial score (nSPS) is 13.2. The van der Waals surface area contributed by atoms with E-state index >= 15 is 0 Å². The highest BCUT2D eigenvalue weighted by Gasteiger charge is 2.33. The van der Waals surface area contributed by atoms with Crippen molar-refractivity contribution in [2.45, 2.75) is 12.0 Å². The maximum atomic E-state index is 12.7. The number of carbonyl (C=O) groups is 2. The minimum absolute atomic E-state index is 0.0242. The number of fused-ring (bicyclic) bond motifs is 3. The fourth-order valence-electron chi connectivity index (χ4n) is 4.04. The van der Waals surface area contributed by atoms with Crippen LogP contribution in [0.4, 0.5) is 5.69 Å². The van der Waals surface area contributed by atoms with E-state index in [4.69, 9.17) is 10.5 Å². The highest BCUT2D eigenvalue weighted by atomic mass is 16.6. The van der Waals surface area contributed by atoms with Crippen LogP contribution in [0, 0.1) is 10.1 Å². The predicted octanol–water partition coefficient (Wildman–Crippen LogP) is 3.65. The molecule has 0 saturated heterocycles. The lowest BCUT2D eigenvalue weighted by Gasteiger charge is -2.17. The van der Waals surface area contributed by atoms with Crippen LogP contribution in [0.2, 0.25) is 0 Å². The molecule has 4 rings (SSSR count). The van der Waals surface area contributed by atoms with Gasteiger partial charge in [0.05, 0.1) is 16.1 Å². The van der Waals surface area contributed by atoms with Gasteiger partial charge in [0, 0.05) is 12.0 Å². The molecule has 1 aliphatic rings. The van der Waals surface area contributed by atoms with Gasteiger partial charge in [-0.25, -0.2) is 9.59 Å². The molecule has 156 valence electrons. The number of hydrogen-bond donors (Lipinski definition) is 2. The molecule has 0 saturated carbocycles. The van der Waals surface area contributed by atoms with E-state index in [1.807, 2.05) is 48.5 Å². The number of nitrogens with zero attached hydrogens (tertiary/aromatic N) is 1. The number of ether oxygens (including phenoxy) is 1. The molecule has 8 nitrogen and oxygen atoms in total. The van der Waals surface area contributed by atoms with Crippen molar-refractivity contribution in [2.24, 2.45) is 5.73 Å². The number of hydrogen-bond acceptors (Lipinski definition) is 6. The summed E-state index contributed by atoms with van der Waals surface area (Å²) in [6, 6.07) is 17.5. The lowest BCUT2D eigenvalue weighted by Crippen LogP contribution is -2.28. The van der Waals surface area contributed by atoms with Crippen molar-refractivity contribution in [3.8, 4) is 11.1 Å². The highest BCUT2D eigenvalue weighted by molar-refractivity contribution is 5.94. The van der Waals surface area contributed by atoms with Crippen molar-refractivity contribution in [1.29, 1.82) is 0 Å². The summed E-state index contributed by atoms with van der Waals surface area (Å²) in [4.78, 5) is 34.9. The second kappa shape index (κ2) is 8.00. The minimum atomic E-state index is -1.61. The summed E-state index contributed by atoms with van der Waals surface area (Å²) < 4.78 is 5.45. The van der Waals surface area contributed by atoms with E-state index in [1.165, 1.54) is 12.1 Å². The molecule has 0 heterocycles. The summed E-state index contributed by atoms with van der Waals surface area (Å²) >= 11 is 0. The zero-order valence-corrected chi connectivity index (χ0v) is 16.2. The molecule has 3 aromatic rings. The Morgan fingerprint density at radius 2 is 1.58 bits per heavy atom. The quantitative estimate of drug-likeness (QED) is 0.355. The maximum Gasteiger partial charge on any atom is 0.336 e. The summed E-state index contributed by atoms with van der Waals surface area (Å²) in [5, 5.41) is 20.8. The van der Waals surface area contributed by atoms with Crippen molar-refractivity contribution < 1.29 is 24.4 Å². The first kappa shape index (κ1) is 20.2. The van der Waals surface area contributed by atoms with Crippen LogP contribution >= 0.6 is 0 Å². The molecule has 0 spiro atoms. The second-order valence-corrected chi connectivity index (χ2v) is 7.14. The molecule has 0 aliphatic heterocycles. The SMILES string of the molecule is NC(C(=O)OCC1c2ccccc2-c2ccccc21)c1c(C(=O)O)cccc1[N+](=O)[O-]. The molecule has 31 heavy (non-hydrogen) atoms. The van der Waals surface area contributed by atoms with Crippen LogP contribution in [-0.2, 0) is 9.53 Å². The molecular weight excluding hydrogens is 400 g/mol. The largest absolute Gasteiger partial charge is 0.478 e. The third-order valence-electron chi connectivity index (χ3n) is 5.43. The van der Waals surface area contributed by atoms with Crippen LogP contribution in [0.25, 0.3) is 11.1 Å². The summed E-state index contributed by atoms with van der Waals surface area (Å²) in [5.41, 5.74) is 8.73. The third-order valence-corrected chi connectivity index (χ3v) is 5.43. The first-order valence-electron chi connectivity index (χ1n) is 9.51. The summed E-state index contributed by atoms with van der Waals surface area (Å²) in [7, 11) is 0. The van der Waals surface area contributed by atoms with Crippen LogP contribution in [0.3, 0.4) is 0 Å². The van der Waals surface area contributed by atoms with Gasteiger partial charge in [-0.1, -0.05) is 54.6 Å². The van der Waals surface area contributed by atoms with Crippen LogP contribution in [0.5, 0.6) is 0 Å². The van der Waals surface area contributed by atoms with E-state index in [9.17, 15) is 24.8 Å². The molecular formula is C23H18N2O6. The molecule has 1 unspecified atom stereocenters. The van der Waals surface area contributed by atoms with Gasteiger partial charge in [0.25, 0.3) is 5.69 Å².